The smallest absolute Gasteiger partial charge is 0.309 e. The fourth-order valence-corrected chi connectivity index (χ4v) is 2.59. The minimum atomic E-state index is -0.296. The lowest BCUT2D eigenvalue weighted by molar-refractivity contribution is -0.143. The third kappa shape index (κ3) is 5.86. The second-order valence-corrected chi connectivity index (χ2v) is 6.03. The van der Waals surface area contributed by atoms with E-state index in [1.54, 1.807) is 25.1 Å². The van der Waals surface area contributed by atoms with Crippen LogP contribution in [-0.2, 0) is 14.3 Å². The van der Waals surface area contributed by atoms with Crippen LogP contribution >= 0.6 is 0 Å². The van der Waals surface area contributed by atoms with Crippen LogP contribution in [0.25, 0.3) is 5.76 Å². The number of carbonyl (C=O) groups is 1. The number of benzene rings is 1. The van der Waals surface area contributed by atoms with Gasteiger partial charge in [-0.2, -0.15) is 0 Å². The molecular weight excluding hydrogens is 336 g/mol. The molecule has 1 N–H and O–H groups in total. The van der Waals surface area contributed by atoms with Crippen molar-refractivity contribution in [1.82, 2.24) is 0 Å². The molecule has 0 aliphatic carbocycles. The lowest BCUT2D eigenvalue weighted by atomic mass is 10.1. The summed E-state index contributed by atoms with van der Waals surface area (Å²) in [6.45, 7) is 5.27. The van der Waals surface area contributed by atoms with Crippen LogP contribution in [0.2, 0.25) is 0 Å². The van der Waals surface area contributed by atoms with E-state index in [4.69, 9.17) is 18.9 Å². The Hall–Kier alpha value is -2.37. The number of fused-ring (bicyclic) bond motifs is 1. The largest absolute Gasteiger partial charge is 0.504 e. The minimum Gasteiger partial charge on any atom is -0.504 e. The van der Waals surface area contributed by atoms with Crippen molar-refractivity contribution in [2.75, 3.05) is 26.4 Å². The van der Waals surface area contributed by atoms with Gasteiger partial charge < -0.3 is 24.1 Å². The molecule has 0 saturated carbocycles. The van der Waals surface area contributed by atoms with Crippen molar-refractivity contribution in [3.05, 3.63) is 29.5 Å². The Morgan fingerprint density at radius 3 is 2.77 bits per heavy atom. The molecule has 0 bridgehead atoms. The molecule has 2 rings (SSSR count). The number of aliphatic hydroxyl groups excluding tert-OH is 1. The molecule has 1 aromatic carbocycles. The monoisotopic (exact) mass is 364 g/mol. The summed E-state index contributed by atoms with van der Waals surface area (Å²) in [5.41, 5.74) is 0.536. The highest BCUT2D eigenvalue weighted by molar-refractivity contribution is 5.70. The Balaban J connectivity index is 1.93. The highest BCUT2D eigenvalue weighted by Crippen LogP contribution is 2.34. The molecule has 0 aromatic heterocycles. The van der Waals surface area contributed by atoms with Gasteiger partial charge in [0, 0.05) is 0 Å². The second-order valence-electron chi connectivity index (χ2n) is 6.03. The van der Waals surface area contributed by atoms with E-state index in [1.807, 2.05) is 0 Å². The van der Waals surface area contributed by atoms with Gasteiger partial charge in [-0.1, -0.05) is 26.2 Å². The van der Waals surface area contributed by atoms with Crippen molar-refractivity contribution in [2.24, 2.45) is 0 Å². The number of hydrogen-bond donors (Lipinski definition) is 1. The molecule has 0 unspecified atom stereocenters. The molecule has 144 valence electrons. The van der Waals surface area contributed by atoms with Gasteiger partial charge in [0.1, 0.15) is 18.1 Å². The summed E-state index contributed by atoms with van der Waals surface area (Å²) in [6.07, 6.45) is 4.59. The zero-order valence-electron chi connectivity index (χ0n) is 15.6. The summed E-state index contributed by atoms with van der Waals surface area (Å²) in [5, 5.41) is 10.5. The Morgan fingerprint density at radius 2 is 2.00 bits per heavy atom. The lowest BCUT2D eigenvalue weighted by Gasteiger charge is -2.21. The number of esters is 1. The Bertz CT molecular complexity index is 623. The van der Waals surface area contributed by atoms with Gasteiger partial charge in [0.2, 0.25) is 0 Å². The Morgan fingerprint density at radius 1 is 1.15 bits per heavy atom. The maximum absolute atomic E-state index is 11.3. The van der Waals surface area contributed by atoms with Crippen LogP contribution in [0.5, 0.6) is 11.5 Å². The van der Waals surface area contributed by atoms with E-state index in [1.165, 1.54) is 12.8 Å². The minimum absolute atomic E-state index is 0.0811. The standard InChI is InChI=1S/C20H28O6/c1-3-5-6-7-11-25-18-14-26-17-9-8-15(13-16(17)20(18)22)24-12-10-19(21)23-4-2/h8-9,13,22H,3-7,10-12,14H2,1-2H3. The molecule has 1 aromatic rings. The first kappa shape index (κ1) is 19.9. The first-order valence-electron chi connectivity index (χ1n) is 9.26. The number of carbonyl (C=O) groups excluding carboxylic acids is 1. The molecule has 0 atom stereocenters. The van der Waals surface area contributed by atoms with Gasteiger partial charge in [-0.05, 0) is 31.5 Å². The Kier molecular flexibility index (Phi) is 8.12. The van der Waals surface area contributed by atoms with E-state index in [0.29, 0.717) is 36.0 Å². The summed E-state index contributed by atoms with van der Waals surface area (Å²) in [4.78, 5) is 11.3. The molecule has 6 heteroatoms. The fraction of sp³-hybridized carbons (Fsp3) is 0.550. The summed E-state index contributed by atoms with van der Waals surface area (Å²) < 4.78 is 21.8. The number of ether oxygens (including phenoxy) is 4. The summed E-state index contributed by atoms with van der Waals surface area (Å²) in [5.74, 6) is 1.36. The van der Waals surface area contributed by atoms with Crippen molar-refractivity contribution in [3.8, 4) is 11.5 Å². The van der Waals surface area contributed by atoms with Crippen LogP contribution in [-0.4, -0.2) is 37.5 Å². The maximum Gasteiger partial charge on any atom is 0.309 e. The molecule has 0 fully saturated rings. The molecule has 0 saturated heterocycles. The lowest BCUT2D eigenvalue weighted by Crippen LogP contribution is -2.14. The summed E-state index contributed by atoms with van der Waals surface area (Å²) >= 11 is 0. The highest BCUT2D eigenvalue weighted by Gasteiger charge is 2.22. The normalized spacial score (nSPS) is 13.0. The fourth-order valence-electron chi connectivity index (χ4n) is 2.59. The molecule has 1 aliphatic rings. The highest BCUT2D eigenvalue weighted by atomic mass is 16.5. The SMILES string of the molecule is CCCCCCOC1=C(O)c2cc(OCCC(=O)OCC)ccc2OC1. The van der Waals surface area contributed by atoms with Gasteiger partial charge in [-0.25, -0.2) is 0 Å². The first-order chi connectivity index (χ1) is 12.7. The summed E-state index contributed by atoms with van der Waals surface area (Å²) in [6, 6.07) is 5.17. The topological polar surface area (TPSA) is 74.2 Å². The van der Waals surface area contributed by atoms with E-state index in [-0.39, 0.29) is 31.4 Å². The maximum atomic E-state index is 11.3. The molecule has 1 aliphatic heterocycles. The molecular formula is C20H28O6. The molecule has 0 amide bonds. The Labute approximate surface area is 154 Å². The third-order valence-electron chi connectivity index (χ3n) is 3.98. The van der Waals surface area contributed by atoms with Crippen molar-refractivity contribution < 1.29 is 28.8 Å². The summed E-state index contributed by atoms with van der Waals surface area (Å²) in [7, 11) is 0. The van der Waals surface area contributed by atoms with Crippen molar-refractivity contribution in [1.29, 1.82) is 0 Å². The number of aliphatic hydroxyl groups is 1. The van der Waals surface area contributed by atoms with E-state index in [2.05, 4.69) is 6.92 Å². The van der Waals surface area contributed by atoms with E-state index in [0.717, 1.165) is 12.8 Å². The van der Waals surface area contributed by atoms with E-state index >= 15 is 0 Å². The molecule has 0 radical (unpaired) electrons. The van der Waals surface area contributed by atoms with Crippen molar-refractivity contribution in [3.63, 3.8) is 0 Å². The van der Waals surface area contributed by atoms with E-state index in [9.17, 15) is 9.90 Å². The van der Waals surface area contributed by atoms with Crippen LogP contribution in [0, 0.1) is 0 Å². The molecule has 0 spiro atoms. The molecule has 26 heavy (non-hydrogen) atoms. The van der Waals surface area contributed by atoms with Gasteiger partial charge in [-0.15, -0.1) is 0 Å². The predicted molar refractivity (Wildman–Crippen MR) is 98.3 cm³/mol. The van der Waals surface area contributed by atoms with Crippen LogP contribution in [0.1, 0.15) is 51.5 Å². The van der Waals surface area contributed by atoms with Crippen LogP contribution in [0.3, 0.4) is 0 Å². The quantitative estimate of drug-likeness (QED) is 0.468. The van der Waals surface area contributed by atoms with Gasteiger partial charge in [0.25, 0.3) is 0 Å². The van der Waals surface area contributed by atoms with E-state index < -0.39 is 0 Å². The van der Waals surface area contributed by atoms with Gasteiger partial charge >= 0.3 is 5.97 Å². The number of rotatable bonds is 11. The van der Waals surface area contributed by atoms with Gasteiger partial charge in [0.15, 0.2) is 11.5 Å². The predicted octanol–water partition coefficient (Wildman–Crippen LogP) is 4.23. The van der Waals surface area contributed by atoms with Crippen LogP contribution < -0.4 is 9.47 Å². The third-order valence-corrected chi connectivity index (χ3v) is 3.98. The second kappa shape index (κ2) is 10.6. The van der Waals surface area contributed by atoms with Crippen LogP contribution in [0.4, 0.5) is 0 Å². The first-order valence-corrected chi connectivity index (χ1v) is 9.26. The van der Waals surface area contributed by atoms with Crippen LogP contribution in [0.15, 0.2) is 24.0 Å². The average Bonchev–Trinajstić information content (AvgIpc) is 2.64. The van der Waals surface area contributed by atoms with Gasteiger partial charge in [0.05, 0.1) is 31.8 Å². The number of unbranched alkanes of at least 4 members (excludes halogenated alkanes) is 3. The molecule has 1 heterocycles. The molecule has 6 nitrogen and oxygen atoms in total. The zero-order valence-corrected chi connectivity index (χ0v) is 15.6. The van der Waals surface area contributed by atoms with Crippen molar-refractivity contribution in [2.45, 2.75) is 46.0 Å². The zero-order chi connectivity index (χ0) is 18.8. The van der Waals surface area contributed by atoms with Crippen molar-refractivity contribution >= 4 is 11.7 Å². The average molecular weight is 364 g/mol. The van der Waals surface area contributed by atoms with Gasteiger partial charge in [-0.3, -0.25) is 4.79 Å². The number of hydrogen-bond acceptors (Lipinski definition) is 6.